The Bertz CT molecular complexity index is 1660. The van der Waals surface area contributed by atoms with E-state index in [9.17, 15) is 32.4 Å². The highest BCUT2D eigenvalue weighted by Crippen LogP contribution is 2.21. The molecule has 304 valence electrons. The molecule has 3 aromatic carbocycles. The molecule has 0 aliphatic heterocycles. The Morgan fingerprint density at radius 1 is 0.636 bits per heavy atom. The first-order valence-corrected chi connectivity index (χ1v) is 19.0. The lowest BCUT2D eigenvalue weighted by Gasteiger charge is -2.26. The molecule has 0 atom stereocenters. The van der Waals surface area contributed by atoms with Crippen molar-refractivity contribution in [2.75, 3.05) is 47.0 Å². The Balaban J connectivity index is 0.000000743. The summed E-state index contributed by atoms with van der Waals surface area (Å²) >= 11 is 0. The zero-order valence-electron chi connectivity index (χ0n) is 33.6. The van der Waals surface area contributed by atoms with Gasteiger partial charge in [0.15, 0.2) is 11.6 Å². The third-order valence-corrected chi connectivity index (χ3v) is 8.47. The highest BCUT2D eigenvalue weighted by Gasteiger charge is 2.33. The number of nitrogens with two attached hydrogens (primary N) is 1. The number of amides is 1. The first-order chi connectivity index (χ1) is 25.8. The predicted octanol–water partition coefficient (Wildman–Crippen LogP) is 6.37. The van der Waals surface area contributed by atoms with Gasteiger partial charge in [0.2, 0.25) is 15.9 Å². The highest BCUT2D eigenvalue weighted by molar-refractivity contribution is 7.89. The quantitative estimate of drug-likeness (QED) is 0.108. The molecule has 0 spiro atoms. The lowest BCUT2D eigenvalue weighted by Crippen LogP contribution is -2.41. The van der Waals surface area contributed by atoms with Crippen LogP contribution < -0.4 is 10.5 Å². The zero-order chi connectivity index (χ0) is 42.0. The monoisotopic (exact) mass is 786 g/mol. The van der Waals surface area contributed by atoms with Crippen LogP contribution in [0.2, 0.25) is 0 Å². The Hall–Kier alpha value is -4.44. The van der Waals surface area contributed by atoms with E-state index in [0.29, 0.717) is 42.9 Å². The lowest BCUT2D eigenvalue weighted by atomic mass is 9.91. The first-order valence-electron chi connectivity index (χ1n) is 17.4. The van der Waals surface area contributed by atoms with Crippen molar-refractivity contribution in [3.63, 3.8) is 0 Å². The van der Waals surface area contributed by atoms with Gasteiger partial charge in [0, 0.05) is 58.1 Å². The number of Topliss-reactive ketones (excluding diaryl/α,β-unsaturated/α-hetero) is 4. The summed E-state index contributed by atoms with van der Waals surface area (Å²) in [6, 6.07) is 20.5. The standard InChI is InChI=1S/C13H20N2O5S.C10H14O2.C10H10O2.C8H14O2/c1-13(8-19-2,9-20-3)12(16)15-10-4-6-11(7-5-10)21(14,17)18;1-11-7-9-3-5-10(6-4-9)8-12-2;1-7(11)9-4-3-5-10(6-9)8(2)12;1-7(9)5-3-4-6-8(2)10/h4-7H,8-9H2,1-3H3,(H,15,16)(H2,14,17,18);3-6H,7-8H2,1-2H3;3-6H,1-2H3;3-6H2,1-2H3. The van der Waals surface area contributed by atoms with Crippen molar-refractivity contribution in [3.8, 4) is 0 Å². The molecule has 1 amide bonds. The molecule has 0 heterocycles. The van der Waals surface area contributed by atoms with E-state index >= 15 is 0 Å². The van der Waals surface area contributed by atoms with Crippen LogP contribution >= 0.6 is 0 Å². The van der Waals surface area contributed by atoms with Crippen LogP contribution in [-0.2, 0) is 56.6 Å². The van der Waals surface area contributed by atoms with Gasteiger partial charge in [-0.05, 0) is 88.9 Å². The van der Waals surface area contributed by atoms with Crippen LogP contribution in [0.5, 0.6) is 0 Å². The second-order valence-corrected chi connectivity index (χ2v) is 14.5. The van der Waals surface area contributed by atoms with Gasteiger partial charge in [-0.2, -0.15) is 0 Å². The summed E-state index contributed by atoms with van der Waals surface area (Å²) in [7, 11) is 2.65. The number of rotatable bonds is 18. The molecule has 3 aromatic rings. The number of unbranched alkanes of at least 4 members (excludes halogenated alkanes) is 1. The topological polar surface area (TPSA) is 194 Å². The van der Waals surface area contributed by atoms with Gasteiger partial charge in [0.05, 0.1) is 36.7 Å². The summed E-state index contributed by atoms with van der Waals surface area (Å²) in [5, 5.41) is 7.70. The number of nitrogens with one attached hydrogen (secondary N) is 1. The lowest BCUT2D eigenvalue weighted by molar-refractivity contribution is -0.131. The zero-order valence-corrected chi connectivity index (χ0v) is 34.4. The van der Waals surface area contributed by atoms with Gasteiger partial charge < -0.3 is 33.9 Å². The third-order valence-electron chi connectivity index (χ3n) is 7.54. The van der Waals surface area contributed by atoms with Crippen LogP contribution in [0.4, 0.5) is 5.69 Å². The maximum Gasteiger partial charge on any atom is 0.238 e. The number of carbonyl (C=O) groups excluding carboxylic acids is 5. The van der Waals surface area contributed by atoms with E-state index in [1.807, 2.05) is 0 Å². The van der Waals surface area contributed by atoms with Gasteiger partial charge in [-0.25, -0.2) is 13.6 Å². The van der Waals surface area contributed by atoms with Crippen molar-refractivity contribution in [3.05, 3.63) is 95.1 Å². The van der Waals surface area contributed by atoms with E-state index in [1.54, 1.807) is 59.3 Å². The van der Waals surface area contributed by atoms with Crippen LogP contribution in [0.3, 0.4) is 0 Å². The van der Waals surface area contributed by atoms with Crippen LogP contribution in [0.1, 0.15) is 92.1 Å². The number of anilines is 1. The molecule has 0 fully saturated rings. The summed E-state index contributed by atoms with van der Waals surface area (Å²) in [5.41, 5.74) is 3.17. The number of sulfonamides is 1. The number of ketones is 4. The molecule has 55 heavy (non-hydrogen) atoms. The summed E-state index contributed by atoms with van der Waals surface area (Å²) < 4.78 is 42.4. The molecule has 0 saturated heterocycles. The number of primary sulfonamides is 1. The first kappa shape index (κ1) is 50.6. The van der Waals surface area contributed by atoms with Gasteiger partial charge >= 0.3 is 0 Å². The minimum Gasteiger partial charge on any atom is -0.383 e. The molecule has 0 aromatic heterocycles. The Labute approximate surface area is 326 Å². The van der Waals surface area contributed by atoms with E-state index in [2.05, 4.69) is 29.6 Å². The van der Waals surface area contributed by atoms with Crippen molar-refractivity contribution in [2.24, 2.45) is 10.6 Å². The van der Waals surface area contributed by atoms with Gasteiger partial charge in [-0.3, -0.25) is 14.4 Å². The molecule has 0 aliphatic rings. The second-order valence-electron chi connectivity index (χ2n) is 12.9. The van der Waals surface area contributed by atoms with Crippen LogP contribution in [0.15, 0.2) is 77.7 Å². The normalized spacial score (nSPS) is 10.7. The van der Waals surface area contributed by atoms with Crippen LogP contribution in [-0.4, -0.2) is 79.1 Å². The Kier molecular flexibility index (Phi) is 25.0. The van der Waals surface area contributed by atoms with Gasteiger partial charge in [0.25, 0.3) is 0 Å². The number of benzene rings is 3. The Morgan fingerprint density at radius 3 is 1.35 bits per heavy atom. The number of methoxy groups -OCH3 is 4. The average molecular weight is 787 g/mol. The molecular formula is C41H58N2O11S. The van der Waals surface area contributed by atoms with Crippen molar-refractivity contribution in [1.29, 1.82) is 0 Å². The van der Waals surface area contributed by atoms with Crippen molar-refractivity contribution >= 4 is 44.8 Å². The summed E-state index contributed by atoms with van der Waals surface area (Å²) in [6.07, 6.45) is 2.95. The molecular weight excluding hydrogens is 729 g/mol. The van der Waals surface area contributed by atoms with Crippen LogP contribution in [0, 0.1) is 5.41 Å². The van der Waals surface area contributed by atoms with E-state index in [-0.39, 0.29) is 47.1 Å². The molecule has 0 saturated carbocycles. The van der Waals surface area contributed by atoms with Gasteiger partial charge in [-0.1, -0.05) is 42.5 Å². The SMILES string of the molecule is CC(=O)CCCCC(C)=O.CC(=O)c1cccc(C(C)=O)c1.COCC(C)(COC)C(=O)Nc1ccc(S(N)(=O)=O)cc1.COCc1ccc(COC)cc1. The molecule has 0 bridgehead atoms. The van der Waals surface area contributed by atoms with Gasteiger partial charge in [0.1, 0.15) is 11.6 Å². The smallest absolute Gasteiger partial charge is 0.238 e. The molecule has 13 nitrogen and oxygen atoms in total. The average Bonchev–Trinajstić information content (AvgIpc) is 3.12. The fraction of sp³-hybridized carbons (Fsp3) is 0.439. The fourth-order valence-electron chi connectivity index (χ4n) is 4.59. The molecule has 14 heteroatoms. The number of hydrogen-bond acceptors (Lipinski definition) is 11. The summed E-state index contributed by atoms with van der Waals surface area (Å²) in [5.74, 6) is 0.109. The van der Waals surface area contributed by atoms with Crippen molar-refractivity contribution in [1.82, 2.24) is 0 Å². The summed E-state index contributed by atoms with van der Waals surface area (Å²) in [4.78, 5) is 54.9. The molecule has 3 N–H and O–H groups in total. The fourth-order valence-corrected chi connectivity index (χ4v) is 5.11. The van der Waals surface area contributed by atoms with Gasteiger partial charge in [-0.15, -0.1) is 0 Å². The summed E-state index contributed by atoms with van der Waals surface area (Å²) in [6.45, 7) is 9.58. The Morgan fingerprint density at radius 2 is 1.04 bits per heavy atom. The number of ether oxygens (including phenoxy) is 4. The minimum atomic E-state index is -3.75. The third kappa shape index (κ3) is 22.5. The van der Waals surface area contributed by atoms with Crippen molar-refractivity contribution in [2.45, 2.75) is 78.4 Å². The number of hydrogen-bond donors (Lipinski definition) is 2. The molecule has 0 aliphatic carbocycles. The van der Waals surface area contributed by atoms with E-state index in [4.69, 9.17) is 24.1 Å². The van der Waals surface area contributed by atoms with Crippen LogP contribution in [0.25, 0.3) is 0 Å². The van der Waals surface area contributed by atoms with E-state index in [0.717, 1.165) is 12.8 Å². The predicted molar refractivity (Wildman–Crippen MR) is 212 cm³/mol. The van der Waals surface area contributed by atoms with Crippen molar-refractivity contribution < 1.29 is 51.3 Å². The molecule has 0 unspecified atom stereocenters. The molecule has 3 rings (SSSR count). The van der Waals surface area contributed by atoms with E-state index < -0.39 is 15.4 Å². The highest BCUT2D eigenvalue weighted by atomic mass is 32.2. The second kappa shape index (κ2) is 27.2. The largest absolute Gasteiger partial charge is 0.383 e. The number of carbonyl (C=O) groups is 5. The minimum absolute atomic E-state index is 0.0156. The molecule has 0 radical (unpaired) electrons. The maximum absolute atomic E-state index is 12.3. The van der Waals surface area contributed by atoms with E-state index in [1.165, 1.54) is 63.5 Å². The maximum atomic E-state index is 12.3.